The average molecular weight is 709 g/mol. The van der Waals surface area contributed by atoms with Crippen LogP contribution in [-0.4, -0.2) is 59.0 Å². The Hall–Kier alpha value is -2.16. The molecule has 43 heavy (non-hydrogen) atoms. The molecule has 10 heteroatoms. The fourth-order valence-electron chi connectivity index (χ4n) is 5.16. The number of halogens is 1. The monoisotopic (exact) mass is 707 g/mol. The third-order valence-electron chi connectivity index (χ3n) is 7.31. The van der Waals surface area contributed by atoms with Crippen LogP contribution in [0.1, 0.15) is 72.1 Å². The van der Waals surface area contributed by atoms with Gasteiger partial charge in [-0.25, -0.2) is 0 Å². The third-order valence-corrected chi connectivity index (χ3v) is 7.74. The van der Waals surface area contributed by atoms with Crippen molar-refractivity contribution in [3.05, 3.63) is 82.1 Å². The summed E-state index contributed by atoms with van der Waals surface area (Å²) >= 11 is 12.0. The first-order valence-corrected chi connectivity index (χ1v) is 16.3. The van der Waals surface area contributed by atoms with Crippen molar-refractivity contribution < 1.29 is 36.7 Å². The Morgan fingerprint density at radius 3 is 2.35 bits per heavy atom. The van der Waals surface area contributed by atoms with Crippen LogP contribution in [0.2, 0.25) is 5.02 Å². The summed E-state index contributed by atoms with van der Waals surface area (Å²) in [5.41, 5.74) is 4.64. The Kier molecular flexibility index (Phi) is 17.2. The van der Waals surface area contributed by atoms with Gasteiger partial charge in [0.25, 0.3) is 5.91 Å². The van der Waals surface area contributed by atoms with Gasteiger partial charge in [0.2, 0.25) is 0 Å². The van der Waals surface area contributed by atoms with E-state index in [1.54, 1.807) is 28.8 Å². The van der Waals surface area contributed by atoms with Gasteiger partial charge >= 0.3 is 22.4 Å². The number of carbonyl (C=O) groups is 3. The number of hydrogen-bond donors (Lipinski definition) is 0. The van der Waals surface area contributed by atoms with Gasteiger partial charge in [0, 0.05) is 41.1 Å². The average Bonchev–Trinajstić information content (AvgIpc) is 3.27. The molecule has 0 N–H and O–H groups in total. The van der Waals surface area contributed by atoms with E-state index in [0.717, 1.165) is 85.2 Å². The number of carbonyl (C=O) groups excluding carboxylic acids is 3. The molecule has 0 bridgehead atoms. The predicted octanol–water partition coefficient (Wildman–Crippen LogP) is 6.90. The van der Waals surface area contributed by atoms with Crippen LogP contribution in [0.25, 0.3) is 16.2 Å². The number of aryl methyl sites for hydroxylation is 2. The van der Waals surface area contributed by atoms with E-state index >= 15 is 0 Å². The van der Waals surface area contributed by atoms with Crippen LogP contribution in [0.5, 0.6) is 0 Å². The van der Waals surface area contributed by atoms with E-state index in [2.05, 4.69) is 23.2 Å². The molecule has 7 nitrogen and oxygen atoms in total. The molecule has 0 spiro atoms. The molecular formula is C33H41ClN3O4STc+. The van der Waals surface area contributed by atoms with Gasteiger partial charge in [0.15, 0.2) is 0 Å². The molecular weight excluding hydrogens is 668 g/mol. The maximum absolute atomic E-state index is 13.5. The number of unbranched alkanes of at least 4 members (excludes halogenated alkanes) is 2. The summed E-state index contributed by atoms with van der Waals surface area (Å²) in [6.07, 6.45) is 5.88. The molecule has 0 atom stereocenters. The minimum atomic E-state index is -0.116. The van der Waals surface area contributed by atoms with E-state index in [0.29, 0.717) is 55.2 Å². The zero-order valence-electron chi connectivity index (χ0n) is 25.1. The van der Waals surface area contributed by atoms with E-state index in [1.165, 1.54) is 0 Å². The van der Waals surface area contributed by atoms with Crippen LogP contribution < -0.4 is 0 Å². The molecule has 2 aromatic carbocycles. The SMILES string of the molecule is [CH2-]CC[N-]C(=O)CN(CC[S-])CCCCCC(=O)CCCc1c(C)n(C(=O)c2ccc(Cl)cc2)c2ccc(C)cc12.[O]=[Tc+4]. The van der Waals surface area contributed by atoms with E-state index in [1.807, 2.05) is 26.0 Å². The van der Waals surface area contributed by atoms with Gasteiger partial charge in [-0.05, 0) is 94.6 Å². The molecule has 0 aliphatic heterocycles. The molecule has 1 heterocycles. The standard InChI is InChI=1S/C33H43ClN3O3S.O.Tc/c1-4-18-35-32(39)23-36(20-21-41)19-7-5-6-9-28(38)10-8-11-29-25(3)37(31-17-12-24(2)22-30(29)31)33(40)26-13-15-27(34)16-14-26;;/h12-17,22H,1,4-11,18-21,23H2,2-3H3,(H2,35,39,41);;/q-1;;+4/p-2. The first-order chi connectivity index (χ1) is 20.7. The van der Waals surface area contributed by atoms with Gasteiger partial charge in [-0.1, -0.05) is 29.7 Å². The van der Waals surface area contributed by atoms with Gasteiger partial charge in [-0.2, -0.15) is 18.7 Å². The number of ketones is 1. The summed E-state index contributed by atoms with van der Waals surface area (Å²) in [5, 5.41) is 5.65. The Morgan fingerprint density at radius 2 is 1.67 bits per heavy atom. The molecule has 0 aliphatic carbocycles. The van der Waals surface area contributed by atoms with Crippen molar-refractivity contribution in [3.63, 3.8) is 0 Å². The number of fused-ring (bicyclic) bond motifs is 1. The molecule has 1 aromatic heterocycles. The zero-order chi connectivity index (χ0) is 31.8. The molecule has 3 aromatic rings. The first kappa shape index (κ1) is 37.0. The second-order valence-corrected chi connectivity index (χ2v) is 11.4. The van der Waals surface area contributed by atoms with Crippen LogP contribution in [-0.2, 0) is 51.0 Å². The van der Waals surface area contributed by atoms with Crippen molar-refractivity contribution in [2.24, 2.45) is 0 Å². The molecule has 0 aliphatic rings. The molecule has 0 saturated heterocycles. The van der Waals surface area contributed by atoms with Crippen molar-refractivity contribution in [2.75, 3.05) is 31.9 Å². The number of Topliss-reactive ketones (excluding diaryl/α,β-unsaturated/α-hetero) is 1. The van der Waals surface area contributed by atoms with Crippen molar-refractivity contribution in [2.45, 2.75) is 65.2 Å². The molecule has 231 valence electrons. The van der Waals surface area contributed by atoms with Crippen LogP contribution in [0.15, 0.2) is 42.5 Å². The number of rotatable bonds is 17. The quantitative estimate of drug-likeness (QED) is 0.0861. The Labute approximate surface area is 277 Å². The number of hydrogen-bond acceptors (Lipinski definition) is 6. The van der Waals surface area contributed by atoms with E-state index in [9.17, 15) is 14.4 Å². The van der Waals surface area contributed by atoms with E-state index < -0.39 is 0 Å². The minimum absolute atomic E-state index is 0.0846. The van der Waals surface area contributed by atoms with Crippen molar-refractivity contribution >= 4 is 52.7 Å². The van der Waals surface area contributed by atoms with E-state index in [-0.39, 0.29) is 17.6 Å². The van der Waals surface area contributed by atoms with Crippen LogP contribution in [0.4, 0.5) is 0 Å². The first-order valence-electron chi connectivity index (χ1n) is 14.6. The molecule has 0 radical (unpaired) electrons. The second-order valence-electron chi connectivity index (χ2n) is 10.5. The van der Waals surface area contributed by atoms with Crippen LogP contribution >= 0.6 is 11.6 Å². The van der Waals surface area contributed by atoms with Gasteiger partial charge < -0.3 is 29.7 Å². The van der Waals surface area contributed by atoms with Gasteiger partial charge in [-0.15, -0.1) is 0 Å². The summed E-state index contributed by atoms with van der Waals surface area (Å²) in [5.74, 6) is 0.645. The summed E-state index contributed by atoms with van der Waals surface area (Å²) < 4.78 is 10.0. The summed E-state index contributed by atoms with van der Waals surface area (Å²) in [6.45, 7) is 9.99. The molecule has 3 rings (SSSR count). The molecule has 1 amide bonds. The number of benzene rings is 2. The Morgan fingerprint density at radius 1 is 0.977 bits per heavy atom. The molecule has 0 fully saturated rings. The number of amides is 1. The number of nitrogens with zero attached hydrogens (tertiary/aromatic N) is 3. The zero-order valence-corrected chi connectivity index (χ0v) is 28.5. The molecule has 0 unspecified atom stereocenters. The van der Waals surface area contributed by atoms with Crippen molar-refractivity contribution in [1.82, 2.24) is 9.47 Å². The topological polar surface area (TPSA) is 90.6 Å². The van der Waals surface area contributed by atoms with Crippen LogP contribution in [0, 0.1) is 20.8 Å². The van der Waals surface area contributed by atoms with Gasteiger partial charge in [0.05, 0.1) is 11.4 Å². The predicted molar refractivity (Wildman–Crippen MR) is 172 cm³/mol. The molecule has 0 saturated carbocycles. The summed E-state index contributed by atoms with van der Waals surface area (Å²) in [6, 6.07) is 13.1. The van der Waals surface area contributed by atoms with Crippen molar-refractivity contribution in [3.8, 4) is 0 Å². The summed E-state index contributed by atoms with van der Waals surface area (Å²) in [4.78, 5) is 40.1. The normalized spacial score (nSPS) is 11.0. The second kappa shape index (κ2) is 20.0. The van der Waals surface area contributed by atoms with Gasteiger partial charge in [0.1, 0.15) is 5.78 Å². The summed E-state index contributed by atoms with van der Waals surface area (Å²) in [7, 11) is 0. The van der Waals surface area contributed by atoms with Crippen molar-refractivity contribution in [1.29, 1.82) is 0 Å². The number of aromatic nitrogens is 1. The third kappa shape index (κ3) is 11.7. The fraction of sp³-hybridized carbons (Fsp3) is 0.455. The maximum atomic E-state index is 13.5. The fourth-order valence-corrected chi connectivity index (χ4v) is 5.55. The van der Waals surface area contributed by atoms with Crippen LogP contribution in [0.3, 0.4) is 0 Å². The Balaban J connectivity index is 0.00000316. The van der Waals surface area contributed by atoms with Gasteiger partial charge in [-0.3, -0.25) is 19.1 Å². The van der Waals surface area contributed by atoms with E-state index in [4.69, 9.17) is 27.7 Å². The Bertz CT molecular complexity index is 1350.